The molecule has 4 nitrogen and oxygen atoms in total. The van der Waals surface area contributed by atoms with E-state index in [0.717, 1.165) is 41.1 Å². The number of carbonyl (C=O) groups excluding carboxylic acids is 1. The van der Waals surface area contributed by atoms with Crippen LogP contribution in [0.5, 0.6) is 0 Å². The number of thioether (sulfide) groups is 2. The molecule has 0 aliphatic carbocycles. The Hall–Kier alpha value is -1.57. The average molecular weight is 388 g/mol. The van der Waals surface area contributed by atoms with E-state index in [1.807, 2.05) is 5.38 Å². The number of rotatable bonds is 3. The minimum atomic E-state index is -0.0587. The number of piperidine rings is 1. The Bertz CT molecular complexity index is 853. The fourth-order valence-electron chi connectivity index (χ4n) is 2.99. The van der Waals surface area contributed by atoms with Crippen LogP contribution in [0.3, 0.4) is 0 Å². The quantitative estimate of drug-likeness (QED) is 0.744. The smallest absolute Gasteiger partial charge is 0.232 e. The predicted molar refractivity (Wildman–Crippen MR) is 110 cm³/mol. The molecule has 128 valence electrons. The van der Waals surface area contributed by atoms with Crippen LogP contribution in [0.15, 0.2) is 34.6 Å². The summed E-state index contributed by atoms with van der Waals surface area (Å²) in [5, 5.41) is 10.4. The van der Waals surface area contributed by atoms with E-state index in [1.165, 1.54) is 36.7 Å². The van der Waals surface area contributed by atoms with Crippen LogP contribution in [0.2, 0.25) is 0 Å². The minimum absolute atomic E-state index is 0.0587. The molecule has 2 aliphatic heterocycles. The predicted octanol–water partition coefficient (Wildman–Crippen LogP) is 5.08. The second-order valence-electron chi connectivity index (χ2n) is 5.96. The molecule has 1 aromatic heterocycles. The number of thiazole rings is 1. The van der Waals surface area contributed by atoms with Crippen LogP contribution in [0.1, 0.15) is 25.0 Å². The van der Waals surface area contributed by atoms with Gasteiger partial charge < -0.3 is 4.90 Å². The zero-order chi connectivity index (χ0) is 17.2. The van der Waals surface area contributed by atoms with Crippen molar-refractivity contribution in [3.05, 3.63) is 40.2 Å². The van der Waals surface area contributed by atoms with Gasteiger partial charge in [-0.05, 0) is 49.2 Å². The summed E-state index contributed by atoms with van der Waals surface area (Å²) in [4.78, 5) is 19.5. The highest BCUT2D eigenvalue weighted by atomic mass is 32.2. The number of hydrogen-bond donors (Lipinski definition) is 1. The number of nitrogens with one attached hydrogen (secondary N) is 1. The first-order valence-corrected chi connectivity index (χ1v) is 10.7. The van der Waals surface area contributed by atoms with Crippen molar-refractivity contribution in [2.75, 3.05) is 18.0 Å². The van der Waals surface area contributed by atoms with Gasteiger partial charge in [0.1, 0.15) is 9.38 Å². The third-order valence-electron chi connectivity index (χ3n) is 4.20. The molecule has 1 N–H and O–H groups in total. The second-order valence-corrected chi connectivity index (χ2v) is 9.12. The van der Waals surface area contributed by atoms with Crippen molar-refractivity contribution in [1.29, 1.82) is 5.41 Å². The summed E-state index contributed by atoms with van der Waals surface area (Å²) in [6.07, 6.45) is 5.64. The molecule has 0 unspecified atom stereocenters. The van der Waals surface area contributed by atoms with E-state index in [9.17, 15) is 4.79 Å². The zero-order valence-electron chi connectivity index (χ0n) is 13.5. The van der Waals surface area contributed by atoms with Crippen molar-refractivity contribution in [1.82, 2.24) is 4.98 Å². The molecule has 2 saturated heterocycles. The molecular weight excluding hydrogens is 370 g/mol. The number of nitrogens with zero attached hydrogens (tertiary/aromatic N) is 2. The van der Waals surface area contributed by atoms with Crippen LogP contribution in [0.25, 0.3) is 16.6 Å². The lowest BCUT2D eigenvalue weighted by atomic mass is 10.1. The number of anilines is 1. The third kappa shape index (κ3) is 3.83. The molecule has 0 spiro atoms. The monoisotopic (exact) mass is 387 g/mol. The Kier molecular flexibility index (Phi) is 4.96. The van der Waals surface area contributed by atoms with Gasteiger partial charge in [-0.3, -0.25) is 10.2 Å². The van der Waals surface area contributed by atoms with Crippen LogP contribution >= 0.6 is 34.9 Å². The Morgan fingerprint density at radius 2 is 2.00 bits per heavy atom. The summed E-state index contributed by atoms with van der Waals surface area (Å²) >= 11 is 3.78. The van der Waals surface area contributed by atoms with Gasteiger partial charge in [-0.1, -0.05) is 23.9 Å². The fraction of sp³-hybridized carbons (Fsp3) is 0.278. The van der Waals surface area contributed by atoms with E-state index in [-0.39, 0.29) is 5.12 Å². The van der Waals surface area contributed by atoms with Gasteiger partial charge in [0.15, 0.2) is 0 Å². The number of hydrogen-bond acceptors (Lipinski definition) is 7. The maximum absolute atomic E-state index is 11.8. The molecule has 2 fully saturated rings. The molecule has 2 aromatic rings. The zero-order valence-corrected chi connectivity index (χ0v) is 16.0. The molecule has 0 saturated carbocycles. The molecule has 0 atom stereocenters. The van der Waals surface area contributed by atoms with E-state index >= 15 is 0 Å². The number of aromatic nitrogens is 1. The SMILES string of the molecule is N=C1SC(=O)/C(=C\c2csc(-c3cccc(N4CCCCC4)c3)n2)S1. The summed E-state index contributed by atoms with van der Waals surface area (Å²) in [7, 11) is 0. The van der Waals surface area contributed by atoms with Gasteiger partial charge in [-0.15, -0.1) is 11.3 Å². The lowest BCUT2D eigenvalue weighted by Gasteiger charge is -2.29. The molecule has 0 bridgehead atoms. The van der Waals surface area contributed by atoms with Crippen LogP contribution in [-0.2, 0) is 4.79 Å². The van der Waals surface area contributed by atoms with Crippen molar-refractivity contribution in [3.8, 4) is 10.6 Å². The Balaban J connectivity index is 1.57. The highest BCUT2D eigenvalue weighted by Crippen LogP contribution is 2.38. The number of benzene rings is 1. The standard InChI is InChI=1S/C18H17N3OS3/c19-18-24-15(17(22)25-18)10-13-11-23-16(20-13)12-5-4-6-14(9-12)21-7-2-1-3-8-21/h4-6,9-11,19H,1-3,7-8H2/b15-10+,19-18?. The molecule has 1 aromatic carbocycles. The second kappa shape index (κ2) is 7.35. The highest BCUT2D eigenvalue weighted by Gasteiger charge is 2.24. The van der Waals surface area contributed by atoms with Crippen molar-refractivity contribution < 1.29 is 4.79 Å². The minimum Gasteiger partial charge on any atom is -0.372 e. The van der Waals surface area contributed by atoms with E-state index in [2.05, 4.69) is 34.1 Å². The lowest BCUT2D eigenvalue weighted by molar-refractivity contribution is -0.107. The summed E-state index contributed by atoms with van der Waals surface area (Å²) in [5.41, 5.74) is 3.17. The van der Waals surface area contributed by atoms with E-state index < -0.39 is 0 Å². The molecule has 0 amide bonds. The maximum atomic E-state index is 11.8. The van der Waals surface area contributed by atoms with Gasteiger partial charge in [0.25, 0.3) is 0 Å². The molecule has 2 aliphatic rings. The Morgan fingerprint density at radius 1 is 1.16 bits per heavy atom. The van der Waals surface area contributed by atoms with Crippen molar-refractivity contribution in [2.45, 2.75) is 19.3 Å². The molecule has 25 heavy (non-hydrogen) atoms. The largest absolute Gasteiger partial charge is 0.372 e. The van der Waals surface area contributed by atoms with Gasteiger partial charge in [-0.2, -0.15) is 0 Å². The maximum Gasteiger partial charge on any atom is 0.232 e. The number of carbonyl (C=O) groups is 1. The molecule has 4 rings (SSSR count). The van der Waals surface area contributed by atoms with E-state index in [4.69, 9.17) is 5.41 Å². The van der Waals surface area contributed by atoms with Crippen LogP contribution < -0.4 is 4.90 Å². The van der Waals surface area contributed by atoms with E-state index in [1.54, 1.807) is 17.4 Å². The van der Waals surface area contributed by atoms with Gasteiger partial charge in [0.05, 0.1) is 10.6 Å². The third-order valence-corrected chi connectivity index (χ3v) is 7.04. The first-order chi connectivity index (χ1) is 12.2. The van der Waals surface area contributed by atoms with Crippen molar-refractivity contribution in [3.63, 3.8) is 0 Å². The molecule has 7 heteroatoms. The summed E-state index contributed by atoms with van der Waals surface area (Å²) in [6.45, 7) is 2.25. The van der Waals surface area contributed by atoms with Crippen LogP contribution in [-0.4, -0.2) is 27.6 Å². The molecule has 0 radical (unpaired) electrons. The Labute approximate surface area is 159 Å². The highest BCUT2D eigenvalue weighted by molar-refractivity contribution is 8.51. The van der Waals surface area contributed by atoms with E-state index in [0.29, 0.717) is 9.28 Å². The Morgan fingerprint density at radius 3 is 2.76 bits per heavy atom. The topological polar surface area (TPSA) is 57.1 Å². The van der Waals surface area contributed by atoms with Gasteiger partial charge >= 0.3 is 0 Å². The lowest BCUT2D eigenvalue weighted by Crippen LogP contribution is -2.29. The molecular formula is C18H17N3OS3. The summed E-state index contributed by atoms with van der Waals surface area (Å²) in [6, 6.07) is 8.56. The average Bonchev–Trinajstić information content (AvgIpc) is 3.22. The van der Waals surface area contributed by atoms with Gasteiger partial charge in [0, 0.05) is 29.7 Å². The molecule has 3 heterocycles. The first-order valence-electron chi connectivity index (χ1n) is 8.20. The van der Waals surface area contributed by atoms with Crippen molar-refractivity contribution >= 4 is 56.1 Å². The summed E-state index contributed by atoms with van der Waals surface area (Å²) < 4.78 is 0.334. The van der Waals surface area contributed by atoms with Crippen LogP contribution in [0.4, 0.5) is 5.69 Å². The van der Waals surface area contributed by atoms with Crippen LogP contribution in [0, 0.1) is 5.41 Å². The van der Waals surface area contributed by atoms with Gasteiger partial charge in [0.2, 0.25) is 5.12 Å². The summed E-state index contributed by atoms with van der Waals surface area (Å²) in [5.74, 6) is 0. The van der Waals surface area contributed by atoms with Crippen molar-refractivity contribution in [2.24, 2.45) is 0 Å². The van der Waals surface area contributed by atoms with Gasteiger partial charge in [-0.25, -0.2) is 4.98 Å². The normalized spacial score (nSPS) is 19.8. The first kappa shape index (κ1) is 16.9. The fourth-order valence-corrected chi connectivity index (χ4v) is 5.47.